The highest BCUT2D eigenvalue weighted by Crippen LogP contribution is 2.27. The number of ether oxygens (including phenoxy) is 1. The monoisotopic (exact) mass is 737 g/mol. The first kappa shape index (κ1) is 50.2. The van der Waals surface area contributed by atoms with Gasteiger partial charge in [0, 0.05) is 29.2 Å². The summed E-state index contributed by atoms with van der Waals surface area (Å²) in [5.41, 5.74) is 4.40. The maximum absolute atomic E-state index is 6.01. The van der Waals surface area contributed by atoms with Crippen molar-refractivity contribution in [3.63, 3.8) is 0 Å². The van der Waals surface area contributed by atoms with Gasteiger partial charge in [-0.25, -0.2) is 0 Å². The Morgan fingerprint density at radius 2 is 1.36 bits per heavy atom. The molecule has 0 aromatic rings. The van der Waals surface area contributed by atoms with E-state index in [4.69, 9.17) is 4.74 Å². The molecule has 0 amide bonds. The van der Waals surface area contributed by atoms with Crippen LogP contribution in [0.5, 0.6) is 0 Å². The van der Waals surface area contributed by atoms with E-state index in [1.54, 1.807) is 5.57 Å². The third-order valence-corrected chi connectivity index (χ3v) is 10.0. The molecular formula is C48H88N4O. The van der Waals surface area contributed by atoms with Crippen LogP contribution in [-0.2, 0) is 4.74 Å². The fraction of sp³-hybridized carbons (Fsp3) is 0.708. The molecule has 0 radical (unpaired) electrons. The number of rotatable bonds is 26. The molecule has 0 aromatic carbocycles. The maximum atomic E-state index is 6.01. The lowest BCUT2D eigenvalue weighted by atomic mass is 9.85. The second kappa shape index (κ2) is 26.9. The van der Waals surface area contributed by atoms with Gasteiger partial charge in [0.1, 0.15) is 5.60 Å². The molecule has 0 fully saturated rings. The topological polar surface area (TPSA) is 57.3 Å². The van der Waals surface area contributed by atoms with Crippen molar-refractivity contribution in [3.8, 4) is 0 Å². The van der Waals surface area contributed by atoms with E-state index in [1.807, 2.05) is 34.6 Å². The van der Waals surface area contributed by atoms with Crippen LogP contribution in [0.25, 0.3) is 0 Å². The molecule has 0 aliphatic heterocycles. The van der Waals surface area contributed by atoms with Gasteiger partial charge in [-0.1, -0.05) is 145 Å². The lowest BCUT2D eigenvalue weighted by Gasteiger charge is -2.36. The maximum Gasteiger partial charge on any atom is 0.180 e. The molecule has 1 aliphatic rings. The Kier molecular flexibility index (Phi) is 25.4. The second-order valence-electron chi connectivity index (χ2n) is 17.5. The smallest absolute Gasteiger partial charge is 0.180 e. The normalized spacial score (nSPS) is 18.7. The molecule has 4 N–H and O–H groups in total. The minimum absolute atomic E-state index is 0.0238. The van der Waals surface area contributed by atoms with Gasteiger partial charge in [-0.15, -0.1) is 0 Å². The molecular weight excluding hydrogens is 649 g/mol. The zero-order chi connectivity index (χ0) is 40.7. The third-order valence-electron chi connectivity index (χ3n) is 10.0. The van der Waals surface area contributed by atoms with Crippen LogP contribution in [0.4, 0.5) is 0 Å². The van der Waals surface area contributed by atoms with Gasteiger partial charge in [-0.3, -0.25) is 0 Å². The Hall–Kier alpha value is -2.82. The van der Waals surface area contributed by atoms with Gasteiger partial charge < -0.3 is 26.0 Å². The Bertz CT molecular complexity index is 1150. The quantitative estimate of drug-likeness (QED) is 0.0526. The highest BCUT2D eigenvalue weighted by atomic mass is 16.5. The Morgan fingerprint density at radius 1 is 0.736 bits per heavy atom. The van der Waals surface area contributed by atoms with Crippen molar-refractivity contribution in [2.45, 2.75) is 191 Å². The van der Waals surface area contributed by atoms with Crippen LogP contribution in [0.1, 0.15) is 161 Å². The van der Waals surface area contributed by atoms with E-state index in [0.29, 0.717) is 47.6 Å². The highest BCUT2D eigenvalue weighted by molar-refractivity contribution is 5.17. The van der Waals surface area contributed by atoms with Crippen molar-refractivity contribution in [3.05, 3.63) is 85.2 Å². The zero-order valence-electron chi connectivity index (χ0n) is 37.4. The molecule has 0 aromatic heterocycles. The number of hydrogen-bond acceptors (Lipinski definition) is 5. The van der Waals surface area contributed by atoms with Gasteiger partial charge in [0.25, 0.3) is 0 Å². The van der Waals surface area contributed by atoms with Crippen LogP contribution < -0.4 is 21.3 Å². The summed E-state index contributed by atoms with van der Waals surface area (Å²) in [4.78, 5) is 0. The first-order valence-corrected chi connectivity index (χ1v) is 21.3. The summed E-state index contributed by atoms with van der Waals surface area (Å²) < 4.78 is 6.01. The number of nitrogens with one attached hydrogen (secondary N) is 4. The minimum atomic E-state index is -0.317. The van der Waals surface area contributed by atoms with Gasteiger partial charge in [0.15, 0.2) is 5.88 Å². The van der Waals surface area contributed by atoms with Crippen molar-refractivity contribution < 1.29 is 4.74 Å². The molecule has 1 rings (SSSR count). The molecule has 0 saturated heterocycles. The van der Waals surface area contributed by atoms with Crippen molar-refractivity contribution >= 4 is 0 Å². The molecule has 0 bridgehead atoms. The standard InChI is InChI=1S/C46H82N4O.C2H6/c1-17-18-28-43(49-39(12)45(34(6)7)50-40(13)51-46(14,15)16)38(11)48-44(30-32(2)3)36(9)31-35(8)37(10)47-42(33(4)5)29-24-27-41-25-22-20-19-21-23-26-41;1-2/h19-22,26,32-36,42-45,47-50H,10-13,17-18,23-25,27-31H2,1-9,14-16H3;1-2H3/b21-19-,22-20-,41-26+;/t35?,36?,42-,43?,44+,45?;/m1./s1. The lowest BCUT2D eigenvalue weighted by Crippen LogP contribution is -2.47. The van der Waals surface area contributed by atoms with Crippen LogP contribution in [0.15, 0.2) is 85.2 Å². The van der Waals surface area contributed by atoms with E-state index in [1.165, 1.54) is 18.5 Å². The minimum Gasteiger partial charge on any atom is -0.474 e. The fourth-order valence-corrected chi connectivity index (χ4v) is 6.91. The fourth-order valence-electron chi connectivity index (χ4n) is 6.91. The molecule has 0 spiro atoms. The molecule has 0 heterocycles. The summed E-state index contributed by atoms with van der Waals surface area (Å²) in [6.07, 6.45) is 22.3. The van der Waals surface area contributed by atoms with E-state index in [-0.39, 0.29) is 17.7 Å². The lowest BCUT2D eigenvalue weighted by molar-refractivity contribution is 0.0377. The SMILES string of the molecule is C=C(NC(C(=C)NC(CCCC)C(=C)N[C@@H](CC(C)C)C(C)CC(C)C(=C)N[C@H](CCC/C1=C/C/C=C\C=C/C1)C(C)C)C(C)C)OC(C)(C)C.CC. The van der Waals surface area contributed by atoms with Crippen LogP contribution in [0.2, 0.25) is 0 Å². The Morgan fingerprint density at radius 3 is 1.92 bits per heavy atom. The van der Waals surface area contributed by atoms with Crippen LogP contribution >= 0.6 is 0 Å². The predicted octanol–water partition coefficient (Wildman–Crippen LogP) is 12.9. The number of unbranched alkanes of at least 4 members (excludes halogenated alkanes) is 1. The zero-order valence-corrected chi connectivity index (χ0v) is 37.4. The molecule has 1 aliphatic carbocycles. The Labute approximate surface area is 330 Å². The van der Waals surface area contributed by atoms with Crippen molar-refractivity contribution in [2.24, 2.45) is 29.6 Å². The average molecular weight is 737 g/mol. The van der Waals surface area contributed by atoms with E-state index >= 15 is 0 Å². The summed E-state index contributed by atoms with van der Waals surface area (Å²) in [7, 11) is 0. The van der Waals surface area contributed by atoms with E-state index in [9.17, 15) is 0 Å². The summed E-state index contributed by atoms with van der Waals surface area (Å²) in [6, 6.07) is 0.798. The summed E-state index contributed by atoms with van der Waals surface area (Å²) >= 11 is 0. The molecule has 0 saturated carbocycles. The van der Waals surface area contributed by atoms with Gasteiger partial charge in [0.05, 0.1) is 12.1 Å². The Balaban J connectivity index is 0.0000133. The molecule has 53 heavy (non-hydrogen) atoms. The van der Waals surface area contributed by atoms with Crippen molar-refractivity contribution in [2.75, 3.05) is 0 Å². The van der Waals surface area contributed by atoms with Crippen LogP contribution in [0, 0.1) is 29.6 Å². The van der Waals surface area contributed by atoms with Crippen molar-refractivity contribution in [1.29, 1.82) is 0 Å². The van der Waals surface area contributed by atoms with E-state index in [2.05, 4.69) is 140 Å². The number of hydrogen-bond donors (Lipinski definition) is 4. The second-order valence-corrected chi connectivity index (χ2v) is 17.5. The van der Waals surface area contributed by atoms with E-state index < -0.39 is 0 Å². The van der Waals surface area contributed by atoms with Crippen molar-refractivity contribution in [1.82, 2.24) is 21.3 Å². The molecule has 5 heteroatoms. The van der Waals surface area contributed by atoms with Gasteiger partial charge >= 0.3 is 0 Å². The first-order valence-electron chi connectivity index (χ1n) is 21.3. The average Bonchev–Trinajstić information content (AvgIpc) is 3.04. The number of allylic oxidation sites excluding steroid dienone is 7. The summed E-state index contributed by atoms with van der Waals surface area (Å²) in [5, 5.41) is 15.1. The van der Waals surface area contributed by atoms with Gasteiger partial charge in [0.2, 0.25) is 0 Å². The summed E-state index contributed by atoms with van der Waals surface area (Å²) in [6.45, 7) is 48.7. The molecule has 306 valence electrons. The third kappa shape index (κ3) is 22.2. The molecule has 4 unspecified atom stereocenters. The van der Waals surface area contributed by atoms with E-state index in [0.717, 1.165) is 62.8 Å². The largest absolute Gasteiger partial charge is 0.474 e. The molecule has 5 nitrogen and oxygen atoms in total. The van der Waals surface area contributed by atoms with Gasteiger partial charge in [-0.05, 0) is 108 Å². The predicted molar refractivity (Wildman–Crippen MR) is 237 cm³/mol. The summed E-state index contributed by atoms with van der Waals surface area (Å²) in [5.74, 6) is 2.80. The van der Waals surface area contributed by atoms with Gasteiger partial charge in [-0.2, -0.15) is 0 Å². The van der Waals surface area contributed by atoms with Crippen LogP contribution in [0.3, 0.4) is 0 Å². The molecule has 6 atom stereocenters. The van der Waals surface area contributed by atoms with Crippen LogP contribution in [-0.4, -0.2) is 29.8 Å². The first-order chi connectivity index (χ1) is 24.8. The highest BCUT2D eigenvalue weighted by Gasteiger charge is 2.27.